The summed E-state index contributed by atoms with van der Waals surface area (Å²) in [5.74, 6) is -0.124. The maximum atomic E-state index is 12.5. The normalized spacial score (nSPS) is 12.8. The minimum absolute atomic E-state index is 0.0326. The van der Waals surface area contributed by atoms with E-state index in [0.717, 1.165) is 83.5 Å². The van der Waals surface area contributed by atoms with Gasteiger partial charge >= 0.3 is 5.97 Å². The van der Waals surface area contributed by atoms with Crippen molar-refractivity contribution in [1.29, 1.82) is 0 Å². The van der Waals surface area contributed by atoms with Crippen molar-refractivity contribution in [3.8, 4) is 0 Å². The second-order valence-corrected chi connectivity index (χ2v) is 20.3. The van der Waals surface area contributed by atoms with Gasteiger partial charge in [-0.3, -0.25) is 9.59 Å². The van der Waals surface area contributed by atoms with Crippen LogP contribution in [-0.2, 0) is 14.3 Å². The molecule has 67 heavy (non-hydrogen) atoms. The summed E-state index contributed by atoms with van der Waals surface area (Å²) in [6.45, 7) is 4.84. The molecule has 0 spiro atoms. The molecule has 0 aromatic carbocycles. The molecule has 3 N–H and O–H groups in total. The Morgan fingerprint density at radius 1 is 0.403 bits per heavy atom. The summed E-state index contributed by atoms with van der Waals surface area (Å²) in [6, 6.07) is -0.648. The fourth-order valence-corrected chi connectivity index (χ4v) is 9.03. The monoisotopic (exact) mass is 942 g/mol. The molecule has 0 bridgehead atoms. The lowest BCUT2D eigenvalue weighted by molar-refractivity contribution is -0.143. The Morgan fingerprint density at radius 3 is 1.06 bits per heavy atom. The van der Waals surface area contributed by atoms with E-state index in [1.165, 1.54) is 205 Å². The van der Waals surface area contributed by atoms with E-state index in [4.69, 9.17) is 4.74 Å². The second kappa shape index (κ2) is 56.7. The van der Waals surface area contributed by atoms with Gasteiger partial charge in [-0.05, 0) is 89.9 Å². The zero-order valence-electron chi connectivity index (χ0n) is 44.9. The lowest BCUT2D eigenvalue weighted by Gasteiger charge is -2.20. The highest BCUT2D eigenvalue weighted by Crippen LogP contribution is 2.17. The van der Waals surface area contributed by atoms with Gasteiger partial charge in [0.15, 0.2) is 0 Å². The van der Waals surface area contributed by atoms with Crippen molar-refractivity contribution in [1.82, 2.24) is 5.32 Å². The van der Waals surface area contributed by atoms with Crippen LogP contribution in [-0.4, -0.2) is 47.4 Å². The summed E-state index contributed by atoms with van der Waals surface area (Å²) < 4.78 is 5.44. The van der Waals surface area contributed by atoms with Crippen LogP contribution in [0.3, 0.4) is 0 Å². The zero-order valence-corrected chi connectivity index (χ0v) is 44.9. The third kappa shape index (κ3) is 53.3. The van der Waals surface area contributed by atoms with Crippen molar-refractivity contribution in [2.45, 2.75) is 328 Å². The number of hydrogen-bond donors (Lipinski definition) is 3. The number of rotatable bonds is 55. The number of aliphatic hydroxyl groups is 2. The Balaban J connectivity index is 3.53. The van der Waals surface area contributed by atoms with Gasteiger partial charge in [0.05, 0.1) is 25.4 Å². The summed E-state index contributed by atoms with van der Waals surface area (Å²) in [7, 11) is 0. The van der Waals surface area contributed by atoms with Gasteiger partial charge in [-0.15, -0.1) is 0 Å². The van der Waals surface area contributed by atoms with Crippen molar-refractivity contribution in [3.05, 3.63) is 36.5 Å². The minimum Gasteiger partial charge on any atom is -0.466 e. The number of amides is 1. The number of carbonyl (C=O) groups excluding carboxylic acids is 2. The van der Waals surface area contributed by atoms with Crippen LogP contribution in [0.15, 0.2) is 36.5 Å². The highest BCUT2D eigenvalue weighted by Gasteiger charge is 2.18. The van der Waals surface area contributed by atoms with Gasteiger partial charge in [-0.2, -0.15) is 0 Å². The van der Waals surface area contributed by atoms with Crippen molar-refractivity contribution >= 4 is 11.9 Å². The number of unbranched alkanes of at least 4 members (excludes halogenated alkanes) is 40. The number of ether oxygens (including phenoxy) is 1. The number of allylic oxidation sites excluding steroid dienone is 5. The molecule has 0 radical (unpaired) electrons. The van der Waals surface area contributed by atoms with Gasteiger partial charge in [0.2, 0.25) is 5.91 Å². The molecule has 0 heterocycles. The van der Waals surface area contributed by atoms with Crippen molar-refractivity contribution in [3.63, 3.8) is 0 Å². The molecule has 2 atom stereocenters. The molecule has 0 rings (SSSR count). The van der Waals surface area contributed by atoms with E-state index >= 15 is 0 Å². The predicted molar refractivity (Wildman–Crippen MR) is 292 cm³/mol. The average Bonchev–Trinajstić information content (AvgIpc) is 3.33. The molecule has 6 heteroatoms. The lowest BCUT2D eigenvalue weighted by atomic mass is 10.0. The zero-order chi connectivity index (χ0) is 48.6. The van der Waals surface area contributed by atoms with Crippen LogP contribution in [0, 0.1) is 0 Å². The quantitative estimate of drug-likeness (QED) is 0.0321. The molecule has 0 aliphatic carbocycles. The van der Waals surface area contributed by atoms with E-state index in [-0.39, 0.29) is 18.5 Å². The largest absolute Gasteiger partial charge is 0.466 e. The van der Waals surface area contributed by atoms with Crippen LogP contribution < -0.4 is 5.32 Å². The molecule has 0 saturated carbocycles. The fraction of sp³-hybridized carbons (Fsp3) is 0.869. The maximum absolute atomic E-state index is 12.5. The van der Waals surface area contributed by atoms with Crippen LogP contribution in [0.5, 0.6) is 0 Å². The Morgan fingerprint density at radius 2 is 0.701 bits per heavy atom. The molecule has 2 unspecified atom stereocenters. The summed E-state index contributed by atoms with van der Waals surface area (Å²) in [5, 5.41) is 23.2. The average molecular weight is 943 g/mol. The van der Waals surface area contributed by atoms with Gasteiger partial charge in [0.1, 0.15) is 0 Å². The summed E-state index contributed by atoms with van der Waals surface area (Å²) in [4.78, 5) is 24.5. The van der Waals surface area contributed by atoms with Gasteiger partial charge in [-0.25, -0.2) is 0 Å². The fourth-order valence-electron chi connectivity index (χ4n) is 9.03. The molecule has 0 aromatic rings. The highest BCUT2D eigenvalue weighted by atomic mass is 16.5. The SMILES string of the molecule is CCCCCCC/C=C\CCCCCCCC(=O)OCCCCC/C=C\CCCCCCCC(=O)NC(CO)C(O)/C=C/CCCCCCCCCCCCCCCCCCCCCCCC. The summed E-state index contributed by atoms with van der Waals surface area (Å²) >= 11 is 0. The third-order valence-electron chi connectivity index (χ3n) is 13.6. The molecule has 0 aromatic heterocycles. The first-order chi connectivity index (χ1) is 33.0. The molecular weight excluding hydrogens is 827 g/mol. The van der Waals surface area contributed by atoms with E-state index in [9.17, 15) is 19.8 Å². The Kier molecular flexibility index (Phi) is 55.0. The van der Waals surface area contributed by atoms with Crippen LogP contribution >= 0.6 is 0 Å². The van der Waals surface area contributed by atoms with E-state index in [1.807, 2.05) is 6.08 Å². The standard InChI is InChI=1S/C61H115NO5/c1-3-5-7-9-11-13-15-17-19-20-21-22-23-24-25-26-27-28-29-33-37-41-45-49-53-59(64)58(57-63)62-60(65)54-50-46-42-38-34-31-32-36-40-44-48-52-56-67-61(66)55-51-47-43-39-35-30-18-16-14-12-10-8-6-4-2/h16,18,32,36,49,53,58-59,63-64H,3-15,17,19-31,33-35,37-48,50-52,54-57H2,1-2H3,(H,62,65)/b18-16-,36-32-,53-49+. The van der Waals surface area contributed by atoms with Gasteiger partial charge in [-0.1, -0.05) is 249 Å². The van der Waals surface area contributed by atoms with Crippen LogP contribution in [0.4, 0.5) is 0 Å². The Labute approximate surface area is 417 Å². The molecular formula is C61H115NO5. The number of aliphatic hydroxyl groups excluding tert-OH is 2. The molecule has 6 nitrogen and oxygen atoms in total. The van der Waals surface area contributed by atoms with Crippen LogP contribution in [0.1, 0.15) is 316 Å². The van der Waals surface area contributed by atoms with Gasteiger partial charge in [0.25, 0.3) is 0 Å². The Hall–Kier alpha value is -1.92. The lowest BCUT2D eigenvalue weighted by Crippen LogP contribution is -2.45. The van der Waals surface area contributed by atoms with Crippen LogP contribution in [0.25, 0.3) is 0 Å². The number of carbonyl (C=O) groups is 2. The second-order valence-electron chi connectivity index (χ2n) is 20.3. The molecule has 394 valence electrons. The number of hydrogen-bond acceptors (Lipinski definition) is 5. The highest BCUT2D eigenvalue weighted by molar-refractivity contribution is 5.76. The predicted octanol–water partition coefficient (Wildman–Crippen LogP) is 18.4. The minimum atomic E-state index is -0.862. The first kappa shape index (κ1) is 65.1. The molecule has 1 amide bonds. The first-order valence-corrected chi connectivity index (χ1v) is 29.8. The summed E-state index contributed by atoms with van der Waals surface area (Å²) in [5.41, 5.74) is 0. The molecule has 0 fully saturated rings. The number of nitrogens with one attached hydrogen (secondary N) is 1. The van der Waals surface area contributed by atoms with Crippen LogP contribution in [0.2, 0.25) is 0 Å². The number of esters is 1. The van der Waals surface area contributed by atoms with E-state index < -0.39 is 12.1 Å². The molecule has 0 saturated heterocycles. The Bertz CT molecular complexity index is 1090. The van der Waals surface area contributed by atoms with Crippen molar-refractivity contribution in [2.75, 3.05) is 13.2 Å². The molecule has 0 aliphatic rings. The smallest absolute Gasteiger partial charge is 0.305 e. The van der Waals surface area contributed by atoms with Crippen molar-refractivity contribution < 1.29 is 24.5 Å². The van der Waals surface area contributed by atoms with Gasteiger partial charge < -0.3 is 20.3 Å². The summed E-state index contributed by atoms with van der Waals surface area (Å²) in [6.07, 6.45) is 70.3. The van der Waals surface area contributed by atoms with E-state index in [0.29, 0.717) is 19.4 Å². The molecule has 0 aliphatic heterocycles. The topological polar surface area (TPSA) is 95.9 Å². The van der Waals surface area contributed by atoms with E-state index in [2.05, 4.69) is 43.5 Å². The third-order valence-corrected chi connectivity index (χ3v) is 13.6. The van der Waals surface area contributed by atoms with Gasteiger partial charge in [0, 0.05) is 12.8 Å². The first-order valence-electron chi connectivity index (χ1n) is 29.8. The van der Waals surface area contributed by atoms with Crippen molar-refractivity contribution in [2.24, 2.45) is 0 Å². The maximum Gasteiger partial charge on any atom is 0.305 e. The van der Waals surface area contributed by atoms with E-state index in [1.54, 1.807) is 6.08 Å².